The van der Waals surface area contributed by atoms with Crippen LogP contribution in [0.2, 0.25) is 0 Å². The van der Waals surface area contributed by atoms with E-state index in [1.165, 1.54) is 0 Å². The Bertz CT molecular complexity index is 385. The third-order valence-corrected chi connectivity index (χ3v) is 1.99. The molecular formula is C9H6BrN3. The number of rotatable bonds is 1. The van der Waals surface area contributed by atoms with E-state index >= 15 is 0 Å². The quantitative estimate of drug-likeness (QED) is 0.762. The van der Waals surface area contributed by atoms with Crippen LogP contribution in [0.25, 0.3) is 11.3 Å². The molecule has 64 valence electrons. The summed E-state index contributed by atoms with van der Waals surface area (Å²) in [7, 11) is 0. The second-order valence-corrected chi connectivity index (χ2v) is 3.28. The highest BCUT2D eigenvalue weighted by Gasteiger charge is 1.97. The molecule has 4 heteroatoms. The lowest BCUT2D eigenvalue weighted by Gasteiger charge is -1.97. The first-order valence-electron chi connectivity index (χ1n) is 3.74. The van der Waals surface area contributed by atoms with E-state index in [-0.39, 0.29) is 0 Å². The molecule has 0 atom stereocenters. The van der Waals surface area contributed by atoms with Crippen molar-refractivity contribution in [1.82, 2.24) is 15.0 Å². The largest absolute Gasteiger partial charge is 0.264 e. The van der Waals surface area contributed by atoms with Crippen LogP contribution in [0.1, 0.15) is 0 Å². The first-order valence-corrected chi connectivity index (χ1v) is 4.53. The molecule has 0 spiro atoms. The third-order valence-electron chi connectivity index (χ3n) is 1.58. The Hall–Kier alpha value is -1.29. The number of halogens is 1. The molecule has 0 saturated carbocycles. The van der Waals surface area contributed by atoms with Crippen LogP contribution < -0.4 is 0 Å². The topological polar surface area (TPSA) is 38.7 Å². The number of aromatic nitrogens is 3. The molecule has 13 heavy (non-hydrogen) atoms. The number of nitrogens with zero attached hydrogens (tertiary/aromatic N) is 3. The minimum Gasteiger partial charge on any atom is -0.264 e. The van der Waals surface area contributed by atoms with Crippen molar-refractivity contribution < 1.29 is 0 Å². The highest BCUT2D eigenvalue weighted by molar-refractivity contribution is 9.10. The SMILES string of the molecule is Brc1cnc(-c2cccnc2)cn1. The van der Waals surface area contributed by atoms with E-state index in [0.29, 0.717) is 0 Å². The van der Waals surface area contributed by atoms with E-state index in [1.54, 1.807) is 24.8 Å². The molecule has 0 bridgehead atoms. The average Bonchev–Trinajstić information content (AvgIpc) is 2.20. The maximum absolute atomic E-state index is 4.20. The van der Waals surface area contributed by atoms with Crippen molar-refractivity contribution >= 4 is 15.9 Å². The molecular weight excluding hydrogens is 230 g/mol. The molecule has 0 radical (unpaired) electrons. The van der Waals surface area contributed by atoms with Gasteiger partial charge in [-0.05, 0) is 28.1 Å². The van der Waals surface area contributed by atoms with Gasteiger partial charge in [-0.15, -0.1) is 0 Å². The second-order valence-electron chi connectivity index (χ2n) is 2.47. The van der Waals surface area contributed by atoms with Gasteiger partial charge >= 0.3 is 0 Å². The Morgan fingerprint density at radius 3 is 2.62 bits per heavy atom. The zero-order valence-electron chi connectivity index (χ0n) is 6.68. The van der Waals surface area contributed by atoms with Gasteiger partial charge in [0.1, 0.15) is 4.60 Å². The van der Waals surface area contributed by atoms with Crippen LogP contribution in [-0.4, -0.2) is 15.0 Å². The number of pyridine rings is 1. The Labute approximate surface area is 84.0 Å². The normalized spacial score (nSPS) is 9.92. The Morgan fingerprint density at radius 1 is 1.08 bits per heavy atom. The van der Waals surface area contributed by atoms with Crippen LogP contribution in [0.5, 0.6) is 0 Å². The molecule has 2 aromatic heterocycles. The lowest BCUT2D eigenvalue weighted by molar-refractivity contribution is 1.16. The Morgan fingerprint density at radius 2 is 2.00 bits per heavy atom. The summed E-state index contributed by atoms with van der Waals surface area (Å²) in [5, 5.41) is 0. The first kappa shape index (κ1) is 8.31. The summed E-state index contributed by atoms with van der Waals surface area (Å²) in [4.78, 5) is 12.3. The molecule has 0 saturated heterocycles. The van der Waals surface area contributed by atoms with E-state index in [4.69, 9.17) is 0 Å². The molecule has 2 heterocycles. The van der Waals surface area contributed by atoms with Crippen LogP contribution >= 0.6 is 15.9 Å². The predicted molar refractivity (Wildman–Crippen MR) is 53.0 cm³/mol. The van der Waals surface area contributed by atoms with E-state index in [1.807, 2.05) is 12.1 Å². The summed E-state index contributed by atoms with van der Waals surface area (Å²) in [6, 6.07) is 3.82. The van der Waals surface area contributed by atoms with E-state index < -0.39 is 0 Å². The Kier molecular flexibility index (Phi) is 2.31. The van der Waals surface area contributed by atoms with Crippen LogP contribution in [0.4, 0.5) is 0 Å². The summed E-state index contributed by atoms with van der Waals surface area (Å²) >= 11 is 3.23. The van der Waals surface area contributed by atoms with Crippen molar-refractivity contribution in [2.45, 2.75) is 0 Å². The average molecular weight is 236 g/mol. The molecule has 0 fully saturated rings. The zero-order chi connectivity index (χ0) is 9.10. The monoisotopic (exact) mass is 235 g/mol. The molecule has 3 nitrogen and oxygen atoms in total. The van der Waals surface area contributed by atoms with Gasteiger partial charge in [0, 0.05) is 18.0 Å². The van der Waals surface area contributed by atoms with E-state index in [2.05, 4.69) is 30.9 Å². The van der Waals surface area contributed by atoms with Crippen LogP contribution in [0.3, 0.4) is 0 Å². The van der Waals surface area contributed by atoms with E-state index in [9.17, 15) is 0 Å². The smallest absolute Gasteiger partial charge is 0.124 e. The molecule has 0 N–H and O–H groups in total. The fourth-order valence-corrected chi connectivity index (χ4v) is 1.18. The van der Waals surface area contributed by atoms with Gasteiger partial charge in [0.05, 0.1) is 18.1 Å². The summed E-state index contributed by atoms with van der Waals surface area (Å²) < 4.78 is 0.736. The number of hydrogen-bond donors (Lipinski definition) is 0. The minimum atomic E-state index is 0.736. The summed E-state index contributed by atoms with van der Waals surface area (Å²) in [5.74, 6) is 0. The lowest BCUT2D eigenvalue weighted by Crippen LogP contribution is -1.85. The molecule has 0 unspecified atom stereocenters. The van der Waals surface area contributed by atoms with Crippen LogP contribution in [-0.2, 0) is 0 Å². The molecule has 2 aromatic rings. The van der Waals surface area contributed by atoms with Gasteiger partial charge in [0.25, 0.3) is 0 Å². The van der Waals surface area contributed by atoms with Gasteiger partial charge in [-0.25, -0.2) is 4.98 Å². The van der Waals surface area contributed by atoms with Gasteiger partial charge in [0.2, 0.25) is 0 Å². The molecule has 2 rings (SSSR count). The van der Waals surface area contributed by atoms with Gasteiger partial charge in [-0.2, -0.15) is 0 Å². The molecule has 0 aliphatic heterocycles. The van der Waals surface area contributed by atoms with Crippen molar-refractivity contribution in [3.8, 4) is 11.3 Å². The van der Waals surface area contributed by atoms with Gasteiger partial charge in [0.15, 0.2) is 0 Å². The van der Waals surface area contributed by atoms with Gasteiger partial charge < -0.3 is 0 Å². The summed E-state index contributed by atoms with van der Waals surface area (Å²) in [6.45, 7) is 0. The fourth-order valence-electron chi connectivity index (χ4n) is 0.976. The highest BCUT2D eigenvalue weighted by Crippen LogP contribution is 2.14. The first-order chi connectivity index (χ1) is 6.36. The number of hydrogen-bond acceptors (Lipinski definition) is 3. The second kappa shape index (κ2) is 3.62. The third kappa shape index (κ3) is 1.89. The minimum absolute atomic E-state index is 0.736. The van der Waals surface area contributed by atoms with Crippen molar-refractivity contribution in [1.29, 1.82) is 0 Å². The molecule has 0 aliphatic rings. The highest BCUT2D eigenvalue weighted by atomic mass is 79.9. The fraction of sp³-hybridized carbons (Fsp3) is 0. The van der Waals surface area contributed by atoms with Crippen molar-refractivity contribution in [2.24, 2.45) is 0 Å². The maximum Gasteiger partial charge on any atom is 0.124 e. The maximum atomic E-state index is 4.20. The Balaban J connectivity index is 2.42. The summed E-state index contributed by atoms with van der Waals surface area (Å²) in [6.07, 6.45) is 6.87. The predicted octanol–water partition coefficient (Wildman–Crippen LogP) is 2.30. The van der Waals surface area contributed by atoms with Crippen molar-refractivity contribution in [2.75, 3.05) is 0 Å². The standard InChI is InChI=1S/C9H6BrN3/c10-9-6-12-8(5-13-9)7-2-1-3-11-4-7/h1-6H. The van der Waals surface area contributed by atoms with Crippen LogP contribution in [0.15, 0.2) is 41.5 Å². The van der Waals surface area contributed by atoms with Crippen molar-refractivity contribution in [3.05, 3.63) is 41.5 Å². The lowest BCUT2D eigenvalue weighted by atomic mass is 10.2. The van der Waals surface area contributed by atoms with Crippen molar-refractivity contribution in [3.63, 3.8) is 0 Å². The zero-order valence-corrected chi connectivity index (χ0v) is 8.27. The molecule has 0 amide bonds. The molecule has 0 aliphatic carbocycles. The van der Waals surface area contributed by atoms with Gasteiger partial charge in [-0.1, -0.05) is 0 Å². The van der Waals surface area contributed by atoms with Gasteiger partial charge in [-0.3, -0.25) is 9.97 Å². The van der Waals surface area contributed by atoms with E-state index in [0.717, 1.165) is 15.9 Å². The molecule has 0 aromatic carbocycles. The van der Waals surface area contributed by atoms with Crippen LogP contribution in [0, 0.1) is 0 Å². The summed E-state index contributed by atoms with van der Waals surface area (Å²) in [5.41, 5.74) is 1.80.